The molecule has 3 aliphatic rings. The molecule has 3 fully saturated rings. The van der Waals surface area contributed by atoms with Crippen LogP contribution >= 0.6 is 0 Å². The molecule has 2 aromatic carbocycles. The summed E-state index contributed by atoms with van der Waals surface area (Å²) in [6.45, 7) is 2.24. The lowest BCUT2D eigenvalue weighted by atomic mass is 9.68. The summed E-state index contributed by atoms with van der Waals surface area (Å²) in [6.07, 6.45) is 10.6. The molecule has 1 nitrogen and oxygen atoms in total. The van der Waals surface area contributed by atoms with Crippen molar-refractivity contribution in [2.24, 2.45) is 23.7 Å². The fraction of sp³-hybridized carbons (Fsp3) is 0.657. The fourth-order valence-corrected chi connectivity index (χ4v) is 8.07. The molecule has 0 N–H and O–H groups in total. The fourth-order valence-electron chi connectivity index (χ4n) is 8.07. The first kappa shape index (κ1) is 31.3. The molecule has 3 aliphatic carbocycles. The Labute approximate surface area is 246 Å². The lowest BCUT2D eigenvalue weighted by Crippen LogP contribution is -2.38. The van der Waals surface area contributed by atoms with E-state index in [4.69, 9.17) is 0 Å². The Bertz CT molecular complexity index is 1150. The minimum Gasteiger partial charge on any atom is -0.432 e. The average molecular weight is 595 g/mol. The number of ether oxygens (including phenoxy) is 1. The molecule has 0 atom stereocenters. The summed E-state index contributed by atoms with van der Waals surface area (Å²) in [5.74, 6) is -4.43. The zero-order chi connectivity index (χ0) is 29.9. The van der Waals surface area contributed by atoms with E-state index < -0.39 is 35.2 Å². The van der Waals surface area contributed by atoms with Crippen LogP contribution in [0, 0.1) is 46.9 Å². The third-order valence-electron chi connectivity index (χ3n) is 10.6. The molecule has 3 saturated carbocycles. The normalized spacial score (nSPS) is 28.9. The first-order valence-corrected chi connectivity index (χ1v) is 16.1. The summed E-state index contributed by atoms with van der Waals surface area (Å²) in [6, 6.07) is 6.86. The quantitative estimate of drug-likeness (QED) is 0.207. The van der Waals surface area contributed by atoms with Crippen LogP contribution in [-0.4, -0.2) is 6.11 Å². The number of alkyl halides is 2. The van der Waals surface area contributed by atoms with Crippen LogP contribution in [0.4, 0.5) is 26.3 Å². The van der Waals surface area contributed by atoms with Gasteiger partial charge in [-0.2, -0.15) is 8.78 Å². The Hall–Kier alpha value is -2.18. The van der Waals surface area contributed by atoms with Crippen molar-refractivity contribution < 1.29 is 31.1 Å². The van der Waals surface area contributed by atoms with Gasteiger partial charge in [0, 0.05) is 12.1 Å². The molecule has 0 saturated heterocycles. The molecule has 42 heavy (non-hydrogen) atoms. The molecule has 0 aromatic heterocycles. The van der Waals surface area contributed by atoms with Crippen LogP contribution in [0.1, 0.15) is 126 Å². The molecule has 0 amide bonds. The zero-order valence-corrected chi connectivity index (χ0v) is 24.6. The van der Waals surface area contributed by atoms with E-state index in [0.717, 1.165) is 55.6 Å². The Morgan fingerprint density at radius 2 is 1.26 bits per heavy atom. The first-order chi connectivity index (χ1) is 20.1. The summed E-state index contributed by atoms with van der Waals surface area (Å²) in [7, 11) is 0. The van der Waals surface area contributed by atoms with E-state index in [1.165, 1.54) is 32.1 Å². The average Bonchev–Trinajstić information content (AvgIpc) is 2.99. The van der Waals surface area contributed by atoms with Crippen molar-refractivity contribution in [1.82, 2.24) is 0 Å². The van der Waals surface area contributed by atoms with Crippen molar-refractivity contribution in [3.63, 3.8) is 0 Å². The lowest BCUT2D eigenvalue weighted by molar-refractivity contribution is -0.224. The van der Waals surface area contributed by atoms with E-state index in [-0.39, 0.29) is 24.6 Å². The summed E-state index contributed by atoms with van der Waals surface area (Å²) >= 11 is 0. The molecule has 0 aliphatic heterocycles. The van der Waals surface area contributed by atoms with E-state index in [2.05, 4.69) is 17.7 Å². The molecular weight excluding hydrogens is 550 g/mol. The van der Waals surface area contributed by atoms with Gasteiger partial charge >= 0.3 is 6.11 Å². The van der Waals surface area contributed by atoms with Gasteiger partial charge in [-0.05, 0) is 124 Å². The van der Waals surface area contributed by atoms with Gasteiger partial charge in [-0.25, -0.2) is 17.6 Å². The van der Waals surface area contributed by atoms with Crippen molar-refractivity contribution >= 4 is 0 Å². The smallest absolute Gasteiger partial charge is 0.400 e. The molecule has 7 heteroatoms. The van der Waals surface area contributed by atoms with Crippen LogP contribution in [0.25, 0.3) is 0 Å². The topological polar surface area (TPSA) is 9.23 Å². The first-order valence-electron chi connectivity index (χ1n) is 16.1. The lowest BCUT2D eigenvalue weighted by Gasteiger charge is -2.39. The highest BCUT2D eigenvalue weighted by molar-refractivity contribution is 5.30. The second-order valence-electron chi connectivity index (χ2n) is 13.2. The van der Waals surface area contributed by atoms with E-state index >= 15 is 4.39 Å². The van der Waals surface area contributed by atoms with Gasteiger partial charge in [0.1, 0.15) is 11.6 Å². The summed E-state index contributed by atoms with van der Waals surface area (Å²) in [5.41, 5.74) is 1.97. The number of benzene rings is 2. The summed E-state index contributed by atoms with van der Waals surface area (Å²) in [4.78, 5) is 0. The van der Waals surface area contributed by atoms with Crippen molar-refractivity contribution in [2.45, 2.75) is 121 Å². The van der Waals surface area contributed by atoms with E-state index in [1.54, 1.807) is 6.07 Å². The largest absolute Gasteiger partial charge is 0.432 e. The van der Waals surface area contributed by atoms with Crippen molar-refractivity contribution in [3.8, 4) is 5.75 Å². The summed E-state index contributed by atoms with van der Waals surface area (Å²) < 4.78 is 89.7. The highest BCUT2D eigenvalue weighted by Gasteiger charge is 2.45. The molecule has 2 aromatic rings. The predicted molar refractivity (Wildman–Crippen MR) is 153 cm³/mol. The molecule has 0 unspecified atom stereocenters. The number of unbranched alkanes of at least 4 members (excludes halogenated alkanes) is 1. The Kier molecular flexibility index (Phi) is 10.1. The maximum atomic E-state index is 15.3. The summed E-state index contributed by atoms with van der Waals surface area (Å²) in [5, 5.41) is 0. The SMILES string of the molecule is CCCCC1CCC(c2ccc(C3CCC(C4CCC(C(F)(F)Oc5cc(F)c(F)c(F)c5)CC4)CC3)c(F)c2)CC1. The molecular formula is C35H44F6O. The number of hydrogen-bond donors (Lipinski definition) is 0. The van der Waals surface area contributed by atoms with Gasteiger partial charge in [0.25, 0.3) is 0 Å². The zero-order valence-electron chi connectivity index (χ0n) is 24.6. The maximum absolute atomic E-state index is 15.3. The van der Waals surface area contributed by atoms with Crippen LogP contribution in [0.3, 0.4) is 0 Å². The van der Waals surface area contributed by atoms with Crippen LogP contribution in [0.5, 0.6) is 5.75 Å². The van der Waals surface area contributed by atoms with Gasteiger partial charge in [-0.3, -0.25) is 0 Å². The number of rotatable bonds is 9. The van der Waals surface area contributed by atoms with E-state index in [0.29, 0.717) is 42.7 Å². The highest BCUT2D eigenvalue weighted by Crippen LogP contribution is 2.47. The molecule has 0 spiro atoms. The van der Waals surface area contributed by atoms with Gasteiger partial charge in [0.05, 0.1) is 5.92 Å². The van der Waals surface area contributed by atoms with Gasteiger partial charge in [0.15, 0.2) is 17.5 Å². The minimum absolute atomic E-state index is 0.0762. The number of halogens is 6. The third-order valence-corrected chi connectivity index (χ3v) is 10.6. The van der Waals surface area contributed by atoms with Crippen molar-refractivity contribution in [1.29, 1.82) is 0 Å². The van der Waals surface area contributed by atoms with E-state index in [9.17, 15) is 22.0 Å². The minimum atomic E-state index is -3.60. The van der Waals surface area contributed by atoms with Crippen LogP contribution < -0.4 is 4.74 Å². The Morgan fingerprint density at radius 3 is 1.83 bits per heavy atom. The number of hydrogen-bond acceptors (Lipinski definition) is 1. The standard InChI is InChI=1S/C35H44F6O/c1-2-3-4-22-5-7-25(8-6-22)27-15-18-30(31(36)19-27)26-11-9-23(10-12-26)24-13-16-28(17-14-24)35(40,41)42-29-20-32(37)34(39)33(38)21-29/h15,18-26,28H,2-14,16-17H2,1H3. The van der Waals surface area contributed by atoms with E-state index in [1.807, 2.05) is 6.07 Å². The Morgan fingerprint density at radius 1 is 0.690 bits per heavy atom. The van der Waals surface area contributed by atoms with Crippen LogP contribution in [-0.2, 0) is 0 Å². The predicted octanol–water partition coefficient (Wildman–Crippen LogP) is 11.5. The van der Waals surface area contributed by atoms with Gasteiger partial charge in [-0.15, -0.1) is 0 Å². The Balaban J connectivity index is 1.09. The van der Waals surface area contributed by atoms with Crippen LogP contribution in [0.2, 0.25) is 0 Å². The monoisotopic (exact) mass is 594 g/mol. The highest BCUT2D eigenvalue weighted by atomic mass is 19.3. The molecule has 0 bridgehead atoms. The van der Waals surface area contributed by atoms with Crippen molar-refractivity contribution in [3.05, 3.63) is 64.7 Å². The maximum Gasteiger partial charge on any atom is 0.400 e. The molecule has 232 valence electrons. The van der Waals surface area contributed by atoms with Gasteiger partial charge < -0.3 is 4.74 Å². The molecule has 5 rings (SSSR count). The molecule has 0 heterocycles. The van der Waals surface area contributed by atoms with Crippen LogP contribution in [0.15, 0.2) is 30.3 Å². The van der Waals surface area contributed by atoms with Gasteiger partial charge in [0.2, 0.25) is 0 Å². The second-order valence-corrected chi connectivity index (χ2v) is 13.2. The van der Waals surface area contributed by atoms with Crippen molar-refractivity contribution in [2.75, 3.05) is 0 Å². The second kappa shape index (κ2) is 13.6. The van der Waals surface area contributed by atoms with Gasteiger partial charge in [-0.1, -0.05) is 38.3 Å². The molecule has 0 radical (unpaired) electrons. The third kappa shape index (κ3) is 7.30.